The van der Waals surface area contributed by atoms with Gasteiger partial charge in [0.05, 0.1) is 4.90 Å². The van der Waals surface area contributed by atoms with Crippen molar-refractivity contribution in [3.05, 3.63) is 30.1 Å². The number of benzene rings is 1. The van der Waals surface area contributed by atoms with Gasteiger partial charge in [0.25, 0.3) is 10.2 Å². The second-order valence-electron chi connectivity index (χ2n) is 6.58. The van der Waals surface area contributed by atoms with E-state index in [1.54, 1.807) is 0 Å². The minimum absolute atomic E-state index is 0.0614. The summed E-state index contributed by atoms with van der Waals surface area (Å²) in [6, 6.07) is 4.86. The van der Waals surface area contributed by atoms with Gasteiger partial charge in [0.15, 0.2) is 0 Å². The van der Waals surface area contributed by atoms with Crippen molar-refractivity contribution < 1.29 is 21.2 Å². The summed E-state index contributed by atoms with van der Waals surface area (Å²) in [5.41, 5.74) is 0. The second kappa shape index (κ2) is 7.89. The van der Waals surface area contributed by atoms with Crippen LogP contribution in [0, 0.1) is 5.82 Å². The lowest BCUT2D eigenvalue weighted by Crippen LogP contribution is -2.54. The van der Waals surface area contributed by atoms with Crippen molar-refractivity contribution in [2.75, 3.05) is 39.3 Å². The summed E-state index contributed by atoms with van der Waals surface area (Å²) < 4.78 is 68.3. The van der Waals surface area contributed by atoms with Crippen LogP contribution >= 0.6 is 0 Å². The molecule has 0 aromatic heterocycles. The van der Waals surface area contributed by atoms with E-state index in [1.807, 2.05) is 0 Å². The molecule has 2 aliphatic heterocycles. The van der Waals surface area contributed by atoms with Gasteiger partial charge in [0.2, 0.25) is 10.0 Å². The highest BCUT2D eigenvalue weighted by atomic mass is 32.2. The van der Waals surface area contributed by atoms with Gasteiger partial charge in [-0.05, 0) is 31.0 Å². The Morgan fingerprint density at radius 1 is 0.731 bits per heavy atom. The summed E-state index contributed by atoms with van der Waals surface area (Å²) in [4.78, 5) is -0.110. The number of rotatable bonds is 4. The molecule has 0 unspecified atom stereocenters. The van der Waals surface area contributed by atoms with Crippen molar-refractivity contribution in [1.82, 2.24) is 12.9 Å². The molecule has 2 saturated heterocycles. The number of piperazine rings is 1. The Kier molecular flexibility index (Phi) is 5.97. The summed E-state index contributed by atoms with van der Waals surface area (Å²) in [5, 5.41) is 0. The van der Waals surface area contributed by atoms with E-state index in [9.17, 15) is 21.2 Å². The van der Waals surface area contributed by atoms with Crippen LogP contribution < -0.4 is 0 Å². The SMILES string of the molecule is O=S(=O)(c1cccc(F)c1)N1CCN(S(=O)(=O)N2CCCCCC2)CC1. The molecule has 26 heavy (non-hydrogen) atoms. The maximum atomic E-state index is 13.3. The minimum atomic E-state index is -3.83. The molecular formula is C16H24FN3O4S2. The fraction of sp³-hybridized carbons (Fsp3) is 0.625. The molecule has 0 N–H and O–H groups in total. The van der Waals surface area contributed by atoms with Crippen LogP contribution in [-0.2, 0) is 20.2 Å². The highest BCUT2D eigenvalue weighted by molar-refractivity contribution is 7.89. The molecule has 2 aliphatic rings. The van der Waals surface area contributed by atoms with E-state index in [0.717, 1.165) is 31.7 Å². The predicted octanol–water partition coefficient (Wildman–Crippen LogP) is 1.25. The largest absolute Gasteiger partial charge is 0.282 e. The van der Waals surface area contributed by atoms with Gasteiger partial charge in [-0.25, -0.2) is 12.8 Å². The lowest BCUT2D eigenvalue weighted by Gasteiger charge is -2.35. The van der Waals surface area contributed by atoms with Crippen LogP contribution in [0.2, 0.25) is 0 Å². The van der Waals surface area contributed by atoms with E-state index < -0.39 is 26.0 Å². The lowest BCUT2D eigenvalue weighted by molar-refractivity contribution is 0.254. The van der Waals surface area contributed by atoms with Crippen molar-refractivity contribution in [1.29, 1.82) is 0 Å². The first-order valence-electron chi connectivity index (χ1n) is 8.83. The van der Waals surface area contributed by atoms with Crippen LogP contribution in [0.15, 0.2) is 29.2 Å². The Hall–Kier alpha value is -1.07. The van der Waals surface area contributed by atoms with Crippen LogP contribution in [0.4, 0.5) is 4.39 Å². The molecule has 1 aromatic rings. The monoisotopic (exact) mass is 405 g/mol. The smallest absolute Gasteiger partial charge is 0.207 e. The fourth-order valence-electron chi connectivity index (χ4n) is 3.35. The molecule has 0 saturated carbocycles. The Morgan fingerprint density at radius 2 is 1.27 bits per heavy atom. The highest BCUT2D eigenvalue weighted by Crippen LogP contribution is 2.22. The van der Waals surface area contributed by atoms with E-state index in [0.29, 0.717) is 13.1 Å². The first-order valence-corrected chi connectivity index (χ1v) is 11.7. The van der Waals surface area contributed by atoms with Crippen molar-refractivity contribution in [2.45, 2.75) is 30.6 Å². The average Bonchev–Trinajstić information content (AvgIpc) is 2.92. The van der Waals surface area contributed by atoms with E-state index in [4.69, 9.17) is 0 Å². The number of hydrogen-bond acceptors (Lipinski definition) is 4. The van der Waals surface area contributed by atoms with E-state index in [2.05, 4.69) is 0 Å². The van der Waals surface area contributed by atoms with Gasteiger partial charge in [0.1, 0.15) is 5.82 Å². The molecule has 0 bridgehead atoms. The van der Waals surface area contributed by atoms with Crippen molar-refractivity contribution in [2.24, 2.45) is 0 Å². The first-order chi connectivity index (χ1) is 12.3. The quantitative estimate of drug-likeness (QED) is 0.755. The van der Waals surface area contributed by atoms with Gasteiger partial charge >= 0.3 is 0 Å². The highest BCUT2D eigenvalue weighted by Gasteiger charge is 2.36. The zero-order chi connectivity index (χ0) is 18.8. The Balaban J connectivity index is 1.68. The third-order valence-corrected chi connectivity index (χ3v) is 8.78. The van der Waals surface area contributed by atoms with Gasteiger partial charge in [-0.2, -0.15) is 21.3 Å². The molecule has 0 spiro atoms. The normalized spacial score (nSPS) is 22.2. The van der Waals surface area contributed by atoms with E-state index >= 15 is 0 Å². The number of nitrogens with zero attached hydrogens (tertiary/aromatic N) is 3. The van der Waals surface area contributed by atoms with Crippen LogP contribution in [-0.4, -0.2) is 69.0 Å². The van der Waals surface area contributed by atoms with Crippen molar-refractivity contribution in [3.63, 3.8) is 0 Å². The molecule has 1 aromatic carbocycles. The number of halogens is 1. The molecule has 7 nitrogen and oxygen atoms in total. The standard InChI is InChI=1S/C16H24FN3O4S2/c17-15-6-5-7-16(14-15)25(21,22)18-10-12-20(13-11-18)26(23,24)19-8-3-1-2-4-9-19/h5-7,14H,1-4,8-13H2. The molecule has 0 atom stereocenters. The molecule has 2 fully saturated rings. The summed E-state index contributed by atoms with van der Waals surface area (Å²) in [7, 11) is -7.39. The van der Waals surface area contributed by atoms with Crippen LogP contribution in [0.1, 0.15) is 25.7 Å². The second-order valence-corrected chi connectivity index (χ2v) is 10.4. The van der Waals surface area contributed by atoms with Gasteiger partial charge in [-0.3, -0.25) is 0 Å². The summed E-state index contributed by atoms with van der Waals surface area (Å²) in [6.07, 6.45) is 3.78. The Bertz CT molecular complexity index is 829. The van der Waals surface area contributed by atoms with Gasteiger partial charge in [-0.1, -0.05) is 18.9 Å². The third kappa shape index (κ3) is 4.09. The van der Waals surface area contributed by atoms with Crippen molar-refractivity contribution >= 4 is 20.2 Å². The van der Waals surface area contributed by atoms with Crippen LogP contribution in [0.3, 0.4) is 0 Å². The summed E-state index contributed by atoms with van der Waals surface area (Å²) in [6.45, 7) is 1.37. The molecule has 0 radical (unpaired) electrons. The molecule has 0 amide bonds. The lowest BCUT2D eigenvalue weighted by atomic mass is 10.2. The van der Waals surface area contributed by atoms with Gasteiger partial charge in [-0.15, -0.1) is 0 Å². The zero-order valence-electron chi connectivity index (χ0n) is 14.5. The minimum Gasteiger partial charge on any atom is -0.207 e. The molecule has 3 rings (SSSR count). The Morgan fingerprint density at radius 3 is 1.85 bits per heavy atom. The topological polar surface area (TPSA) is 78.0 Å². The maximum Gasteiger partial charge on any atom is 0.282 e. The zero-order valence-corrected chi connectivity index (χ0v) is 16.2. The third-order valence-electron chi connectivity index (χ3n) is 4.85. The molecule has 146 valence electrons. The van der Waals surface area contributed by atoms with E-state index in [1.165, 1.54) is 31.1 Å². The van der Waals surface area contributed by atoms with Gasteiger partial charge in [0, 0.05) is 39.3 Å². The van der Waals surface area contributed by atoms with Crippen LogP contribution in [0.5, 0.6) is 0 Å². The van der Waals surface area contributed by atoms with E-state index in [-0.39, 0.29) is 31.1 Å². The molecule has 2 heterocycles. The van der Waals surface area contributed by atoms with Gasteiger partial charge < -0.3 is 0 Å². The Labute approximate surface area is 154 Å². The molecular weight excluding hydrogens is 381 g/mol. The van der Waals surface area contributed by atoms with Crippen LogP contribution in [0.25, 0.3) is 0 Å². The first kappa shape index (κ1) is 19.7. The van der Waals surface area contributed by atoms with Crippen molar-refractivity contribution in [3.8, 4) is 0 Å². The summed E-state index contributed by atoms with van der Waals surface area (Å²) >= 11 is 0. The average molecular weight is 406 g/mol. The number of hydrogen-bond donors (Lipinski definition) is 0. The molecule has 0 aliphatic carbocycles. The fourth-order valence-corrected chi connectivity index (χ4v) is 6.48. The molecule has 10 heteroatoms. The number of sulfonamides is 1. The summed E-state index contributed by atoms with van der Waals surface area (Å²) in [5.74, 6) is -0.617. The predicted molar refractivity (Wildman–Crippen MR) is 95.7 cm³/mol. The maximum absolute atomic E-state index is 13.3.